The van der Waals surface area contributed by atoms with Crippen LogP contribution in [0.1, 0.15) is 50.8 Å². The van der Waals surface area contributed by atoms with E-state index in [1.165, 1.54) is 7.11 Å². The van der Waals surface area contributed by atoms with Crippen molar-refractivity contribution in [1.82, 2.24) is 0 Å². The van der Waals surface area contributed by atoms with Gasteiger partial charge < -0.3 is 25.0 Å². The lowest BCUT2D eigenvalue weighted by Gasteiger charge is -2.40. The van der Waals surface area contributed by atoms with Crippen LogP contribution in [-0.4, -0.2) is 40.5 Å². The van der Waals surface area contributed by atoms with Gasteiger partial charge in [-0.15, -0.1) is 0 Å². The number of ether oxygens (including phenoxy) is 2. The molecule has 164 valence electrons. The van der Waals surface area contributed by atoms with Crippen LogP contribution in [0.4, 0.5) is 5.69 Å². The summed E-state index contributed by atoms with van der Waals surface area (Å²) in [5.74, 6) is -0.571. The van der Waals surface area contributed by atoms with Crippen LogP contribution in [0.3, 0.4) is 0 Å². The Labute approximate surface area is 182 Å². The maximum atomic E-state index is 12.7. The third kappa shape index (κ3) is 3.45. The predicted molar refractivity (Wildman–Crippen MR) is 119 cm³/mol. The van der Waals surface area contributed by atoms with Gasteiger partial charge in [0, 0.05) is 12.7 Å². The maximum absolute atomic E-state index is 12.7. The summed E-state index contributed by atoms with van der Waals surface area (Å²) in [6, 6.07) is 12.2. The minimum Gasteiger partial charge on any atom is -0.507 e. The van der Waals surface area contributed by atoms with Gasteiger partial charge in [0.05, 0.1) is 22.5 Å². The van der Waals surface area contributed by atoms with Gasteiger partial charge in [0.25, 0.3) is 5.91 Å². The van der Waals surface area contributed by atoms with Gasteiger partial charge in [-0.2, -0.15) is 0 Å². The number of carbonyl (C=O) groups excluding carboxylic acids is 1. The molecule has 6 heteroatoms. The molecule has 1 amide bonds. The summed E-state index contributed by atoms with van der Waals surface area (Å²) in [4.78, 5) is 12.7. The number of benzene rings is 2. The normalized spacial score (nSPS) is 27.7. The number of nitrogens with one attached hydrogen (secondary N) is 1. The van der Waals surface area contributed by atoms with E-state index in [4.69, 9.17) is 9.47 Å². The zero-order valence-corrected chi connectivity index (χ0v) is 18.5. The zero-order chi connectivity index (χ0) is 22.6. The number of fused-ring (bicyclic) bond motifs is 1. The molecule has 3 N–H and O–H groups in total. The number of anilines is 1. The Balaban J connectivity index is 1.92. The number of hydrogen-bond donors (Lipinski definition) is 3. The minimum atomic E-state index is -1.85. The molecule has 2 unspecified atom stereocenters. The van der Waals surface area contributed by atoms with Crippen molar-refractivity contribution in [3.63, 3.8) is 0 Å². The van der Waals surface area contributed by atoms with Crippen LogP contribution >= 0.6 is 0 Å². The Hall–Kier alpha value is -2.67. The van der Waals surface area contributed by atoms with Gasteiger partial charge in [-0.05, 0) is 63.5 Å². The van der Waals surface area contributed by atoms with E-state index < -0.39 is 23.2 Å². The van der Waals surface area contributed by atoms with E-state index in [-0.39, 0.29) is 16.9 Å². The average molecular weight is 424 g/mol. The van der Waals surface area contributed by atoms with Gasteiger partial charge in [-0.3, -0.25) is 4.79 Å². The van der Waals surface area contributed by atoms with E-state index in [9.17, 15) is 15.0 Å². The number of aromatic hydroxyl groups is 1. The zero-order valence-electron chi connectivity index (χ0n) is 18.5. The molecule has 0 aliphatic carbocycles. The fourth-order valence-corrected chi connectivity index (χ4v) is 4.87. The maximum Gasteiger partial charge on any atom is 0.257 e. The van der Waals surface area contributed by atoms with Gasteiger partial charge in [0.1, 0.15) is 5.75 Å². The van der Waals surface area contributed by atoms with Gasteiger partial charge in [-0.1, -0.05) is 30.3 Å². The van der Waals surface area contributed by atoms with Crippen LogP contribution < -0.4 is 5.32 Å². The van der Waals surface area contributed by atoms with Crippen LogP contribution in [0.2, 0.25) is 0 Å². The first kappa shape index (κ1) is 21.6. The first-order valence-corrected chi connectivity index (χ1v) is 10.4. The summed E-state index contributed by atoms with van der Waals surface area (Å²) >= 11 is 0. The largest absolute Gasteiger partial charge is 0.507 e. The molecule has 2 aromatic carbocycles. The standard InChI is InChI=1S/C25H29NO5/c1-23(2)14-17(24(3,4)31-23)13-15-11-12-18-19(20(15)27)25(29,16-9-7-6-8-10-16)21(30-5)22(28)26-18/h6-13,21,27,29H,14H2,1-5H3,(H,26,28). The minimum absolute atomic E-state index is 0.0982. The molecule has 4 rings (SSSR count). The van der Waals surface area contributed by atoms with Crippen LogP contribution in [0, 0.1) is 0 Å². The molecule has 0 aromatic heterocycles. The van der Waals surface area contributed by atoms with E-state index >= 15 is 0 Å². The second-order valence-electron chi connectivity index (χ2n) is 9.38. The van der Waals surface area contributed by atoms with Crippen LogP contribution in [0.5, 0.6) is 5.75 Å². The second-order valence-corrected chi connectivity index (χ2v) is 9.38. The molecular formula is C25H29NO5. The highest BCUT2D eigenvalue weighted by Gasteiger charge is 2.51. The molecule has 2 atom stereocenters. The SMILES string of the molecule is COC1C(=O)Nc2ccc(C=C3CC(C)(C)OC3(C)C)c(O)c2C1(O)c1ccccc1. The van der Waals surface area contributed by atoms with E-state index in [0.29, 0.717) is 16.8 Å². The van der Waals surface area contributed by atoms with E-state index in [1.807, 2.05) is 39.8 Å². The molecule has 1 saturated heterocycles. The number of rotatable bonds is 3. The number of carbonyl (C=O) groups is 1. The lowest BCUT2D eigenvalue weighted by Crippen LogP contribution is -2.52. The molecule has 2 heterocycles. The molecule has 31 heavy (non-hydrogen) atoms. The molecule has 2 aliphatic rings. The molecule has 0 radical (unpaired) electrons. The van der Waals surface area contributed by atoms with Crippen molar-refractivity contribution >= 4 is 17.7 Å². The lowest BCUT2D eigenvalue weighted by molar-refractivity contribution is -0.142. The molecule has 2 aliphatic heterocycles. The van der Waals surface area contributed by atoms with Crippen molar-refractivity contribution in [2.45, 2.75) is 57.0 Å². The molecule has 0 spiro atoms. The molecule has 2 aromatic rings. The number of methoxy groups -OCH3 is 1. The topological polar surface area (TPSA) is 88.0 Å². The molecule has 6 nitrogen and oxygen atoms in total. The highest BCUT2D eigenvalue weighted by molar-refractivity contribution is 6.00. The Morgan fingerprint density at radius 3 is 2.39 bits per heavy atom. The summed E-state index contributed by atoms with van der Waals surface area (Å²) in [7, 11) is 1.37. The number of phenolic OH excluding ortho intramolecular Hbond substituents is 1. The Bertz CT molecular complexity index is 1060. The van der Waals surface area contributed by atoms with Crippen molar-refractivity contribution in [3.8, 4) is 5.75 Å². The quantitative estimate of drug-likeness (QED) is 0.696. The first-order chi connectivity index (χ1) is 14.5. The lowest BCUT2D eigenvalue weighted by atomic mass is 9.76. The fourth-order valence-electron chi connectivity index (χ4n) is 4.87. The monoisotopic (exact) mass is 423 g/mol. The van der Waals surface area contributed by atoms with Crippen molar-refractivity contribution in [2.24, 2.45) is 0 Å². The Morgan fingerprint density at radius 2 is 1.81 bits per heavy atom. The highest BCUT2D eigenvalue weighted by atomic mass is 16.5. The summed E-state index contributed by atoms with van der Waals surface area (Å²) in [6.07, 6.45) is 1.41. The van der Waals surface area contributed by atoms with E-state index in [1.54, 1.807) is 36.4 Å². The second kappa shape index (κ2) is 7.19. The fraction of sp³-hybridized carbons (Fsp3) is 0.400. The first-order valence-electron chi connectivity index (χ1n) is 10.4. The molecule has 0 saturated carbocycles. The van der Waals surface area contributed by atoms with Crippen molar-refractivity contribution in [1.29, 1.82) is 0 Å². The molecular weight excluding hydrogens is 394 g/mol. The van der Waals surface area contributed by atoms with Crippen molar-refractivity contribution in [2.75, 3.05) is 12.4 Å². The number of aliphatic hydroxyl groups is 1. The summed E-state index contributed by atoms with van der Waals surface area (Å²) < 4.78 is 11.6. The predicted octanol–water partition coefficient (Wildman–Crippen LogP) is 3.96. The van der Waals surface area contributed by atoms with Crippen LogP contribution in [0.25, 0.3) is 6.08 Å². The van der Waals surface area contributed by atoms with Crippen molar-refractivity contribution < 1.29 is 24.5 Å². The summed E-state index contributed by atoms with van der Waals surface area (Å²) in [5, 5.41) is 26.0. The van der Waals surface area contributed by atoms with E-state index in [0.717, 1.165) is 12.0 Å². The Morgan fingerprint density at radius 1 is 1.13 bits per heavy atom. The summed E-state index contributed by atoms with van der Waals surface area (Å²) in [5.41, 5.74) is -0.0228. The highest BCUT2D eigenvalue weighted by Crippen LogP contribution is 2.49. The number of amides is 1. The molecule has 0 bridgehead atoms. The third-order valence-electron chi connectivity index (χ3n) is 6.17. The van der Waals surface area contributed by atoms with Gasteiger partial charge >= 0.3 is 0 Å². The van der Waals surface area contributed by atoms with E-state index in [2.05, 4.69) is 5.32 Å². The number of hydrogen-bond acceptors (Lipinski definition) is 5. The van der Waals surface area contributed by atoms with Crippen LogP contribution in [0.15, 0.2) is 48.0 Å². The third-order valence-corrected chi connectivity index (χ3v) is 6.17. The van der Waals surface area contributed by atoms with Crippen molar-refractivity contribution in [3.05, 3.63) is 64.7 Å². The molecule has 1 fully saturated rings. The smallest absolute Gasteiger partial charge is 0.257 e. The van der Waals surface area contributed by atoms with Gasteiger partial charge in [0.15, 0.2) is 11.7 Å². The van der Waals surface area contributed by atoms with Crippen LogP contribution in [-0.2, 0) is 19.9 Å². The van der Waals surface area contributed by atoms with Gasteiger partial charge in [0.2, 0.25) is 0 Å². The average Bonchev–Trinajstić information content (AvgIpc) is 2.90. The summed E-state index contributed by atoms with van der Waals surface area (Å²) in [6.45, 7) is 8.08. The van der Waals surface area contributed by atoms with Gasteiger partial charge in [-0.25, -0.2) is 0 Å². The number of phenols is 1. The Kier molecular flexibility index (Phi) is 5.00.